The molecule has 0 spiro atoms. The van der Waals surface area contributed by atoms with Crippen LogP contribution in [-0.2, 0) is 12.8 Å². The monoisotopic (exact) mass is 384 g/mol. The molecule has 3 N–H and O–H groups in total. The molecular weight excluding hydrogens is 364 g/mol. The normalized spacial score (nSPS) is 13.8. The lowest BCUT2D eigenvalue weighted by atomic mass is 9.93. The first-order chi connectivity index (χ1) is 13.0. The number of halogens is 1. The van der Waals surface area contributed by atoms with E-state index in [1.807, 2.05) is 25.1 Å². The summed E-state index contributed by atoms with van der Waals surface area (Å²) in [7, 11) is 0. The molecule has 0 bridgehead atoms. The molecule has 1 aliphatic carbocycles. The van der Waals surface area contributed by atoms with Gasteiger partial charge >= 0.3 is 0 Å². The van der Waals surface area contributed by atoms with Crippen LogP contribution in [0.3, 0.4) is 0 Å². The molecular formula is C20H21ClN4O2. The zero-order valence-electron chi connectivity index (χ0n) is 15.1. The van der Waals surface area contributed by atoms with Crippen molar-refractivity contribution in [3.05, 3.63) is 51.6 Å². The third kappa shape index (κ3) is 3.49. The molecule has 0 unspecified atom stereocenters. The van der Waals surface area contributed by atoms with E-state index in [-0.39, 0.29) is 11.7 Å². The Bertz CT molecular complexity index is 1030. The number of rotatable bonds is 5. The van der Waals surface area contributed by atoms with Crippen LogP contribution < -0.4 is 5.32 Å². The number of nitrogens with zero attached hydrogens (tertiary/aromatic N) is 1. The number of fused-ring (bicyclic) bond motifs is 2. The van der Waals surface area contributed by atoms with Gasteiger partial charge in [-0.05, 0) is 44.4 Å². The predicted molar refractivity (Wildman–Crippen MR) is 105 cm³/mol. The van der Waals surface area contributed by atoms with Gasteiger partial charge in [0.05, 0.1) is 22.2 Å². The standard InChI is InChI=1S/C20H21ClN4O2/c1-11-18(19-14(23-11)4-2-5-16(19)26)20(27)22-9-3-6-17-24-13-8-7-12(21)10-15(13)25-17/h7-8,10,23H,2-6,9H2,1H3,(H,22,27)(H,24,25). The number of benzene rings is 1. The van der Waals surface area contributed by atoms with Gasteiger partial charge in [0.25, 0.3) is 5.91 Å². The van der Waals surface area contributed by atoms with E-state index in [1.54, 1.807) is 0 Å². The van der Waals surface area contributed by atoms with Gasteiger partial charge in [-0.3, -0.25) is 9.59 Å². The molecule has 1 aliphatic rings. The first kappa shape index (κ1) is 17.8. The summed E-state index contributed by atoms with van der Waals surface area (Å²) in [5.41, 5.74) is 4.55. The van der Waals surface area contributed by atoms with E-state index in [9.17, 15) is 9.59 Å². The Morgan fingerprint density at radius 3 is 3.00 bits per heavy atom. The SMILES string of the molecule is Cc1[nH]c2c(c1C(=O)NCCCc1nc3ccc(Cl)cc3[nH]1)C(=O)CCC2. The van der Waals surface area contributed by atoms with Crippen LogP contribution in [0, 0.1) is 6.92 Å². The van der Waals surface area contributed by atoms with Crippen molar-refractivity contribution in [3.8, 4) is 0 Å². The van der Waals surface area contributed by atoms with E-state index in [4.69, 9.17) is 11.6 Å². The van der Waals surface area contributed by atoms with E-state index < -0.39 is 0 Å². The second-order valence-electron chi connectivity index (χ2n) is 6.96. The number of ketones is 1. The molecule has 2 aromatic heterocycles. The van der Waals surface area contributed by atoms with E-state index >= 15 is 0 Å². The van der Waals surface area contributed by atoms with Gasteiger partial charge in [-0.15, -0.1) is 0 Å². The summed E-state index contributed by atoms with van der Waals surface area (Å²) in [5, 5.41) is 3.61. The van der Waals surface area contributed by atoms with Crippen LogP contribution in [0.4, 0.5) is 0 Å². The summed E-state index contributed by atoms with van der Waals surface area (Å²) in [6.45, 7) is 2.37. The molecule has 6 nitrogen and oxygen atoms in total. The van der Waals surface area contributed by atoms with Crippen molar-refractivity contribution in [3.63, 3.8) is 0 Å². The largest absolute Gasteiger partial charge is 0.361 e. The van der Waals surface area contributed by atoms with Gasteiger partial charge in [0.2, 0.25) is 0 Å². The van der Waals surface area contributed by atoms with Crippen LogP contribution in [0.5, 0.6) is 0 Å². The van der Waals surface area contributed by atoms with E-state index in [2.05, 4.69) is 20.3 Å². The first-order valence-corrected chi connectivity index (χ1v) is 9.57. The fourth-order valence-electron chi connectivity index (χ4n) is 3.72. The minimum absolute atomic E-state index is 0.0617. The van der Waals surface area contributed by atoms with Crippen molar-refractivity contribution in [2.45, 2.75) is 39.0 Å². The maximum Gasteiger partial charge on any atom is 0.253 e. The third-order valence-electron chi connectivity index (χ3n) is 4.97. The summed E-state index contributed by atoms with van der Waals surface area (Å²) < 4.78 is 0. The molecule has 4 rings (SSSR count). The Kier molecular flexibility index (Phi) is 4.74. The van der Waals surface area contributed by atoms with Gasteiger partial charge in [0.15, 0.2) is 5.78 Å². The molecule has 1 amide bonds. The summed E-state index contributed by atoms with van der Waals surface area (Å²) in [6, 6.07) is 5.55. The van der Waals surface area contributed by atoms with Crippen LogP contribution in [0.15, 0.2) is 18.2 Å². The smallest absolute Gasteiger partial charge is 0.253 e. The number of nitrogens with one attached hydrogen (secondary N) is 3. The lowest BCUT2D eigenvalue weighted by molar-refractivity contribution is 0.0927. The van der Waals surface area contributed by atoms with Crippen LogP contribution in [0.25, 0.3) is 11.0 Å². The minimum atomic E-state index is -0.184. The van der Waals surface area contributed by atoms with Gasteiger partial charge in [0, 0.05) is 35.8 Å². The highest BCUT2D eigenvalue weighted by atomic mass is 35.5. The molecule has 27 heavy (non-hydrogen) atoms. The number of aromatic amines is 2. The highest BCUT2D eigenvalue weighted by molar-refractivity contribution is 6.31. The lowest BCUT2D eigenvalue weighted by Crippen LogP contribution is -2.27. The summed E-state index contributed by atoms with van der Waals surface area (Å²) in [5.74, 6) is 0.746. The number of hydrogen-bond acceptors (Lipinski definition) is 3. The van der Waals surface area contributed by atoms with Gasteiger partial charge in [-0.2, -0.15) is 0 Å². The van der Waals surface area contributed by atoms with E-state index in [1.165, 1.54) is 0 Å². The second-order valence-corrected chi connectivity index (χ2v) is 7.40. The van der Waals surface area contributed by atoms with E-state index in [0.29, 0.717) is 29.1 Å². The molecule has 2 heterocycles. The number of Topliss-reactive ketones (excluding diaryl/α,β-unsaturated/α-hetero) is 1. The van der Waals surface area contributed by atoms with Crippen LogP contribution >= 0.6 is 11.6 Å². The molecule has 0 fully saturated rings. The Morgan fingerprint density at radius 2 is 2.15 bits per heavy atom. The average molecular weight is 385 g/mol. The van der Waals surface area contributed by atoms with Crippen LogP contribution in [0.2, 0.25) is 5.02 Å². The maximum absolute atomic E-state index is 12.6. The van der Waals surface area contributed by atoms with Crippen LogP contribution in [-0.4, -0.2) is 33.2 Å². The number of imidazole rings is 1. The summed E-state index contributed by atoms with van der Waals surface area (Å²) in [4.78, 5) is 35.8. The van der Waals surface area contributed by atoms with Crippen LogP contribution in [0.1, 0.15) is 57.2 Å². The first-order valence-electron chi connectivity index (χ1n) is 9.20. The predicted octanol–water partition coefficient (Wildman–Crippen LogP) is 3.73. The average Bonchev–Trinajstić information content (AvgIpc) is 3.18. The second kappa shape index (κ2) is 7.19. The van der Waals surface area contributed by atoms with Crippen molar-refractivity contribution >= 4 is 34.3 Å². The van der Waals surface area contributed by atoms with Crippen molar-refractivity contribution in [1.29, 1.82) is 0 Å². The third-order valence-corrected chi connectivity index (χ3v) is 5.21. The van der Waals surface area contributed by atoms with Gasteiger partial charge < -0.3 is 15.3 Å². The number of aromatic nitrogens is 3. The Labute approximate surface area is 161 Å². The van der Waals surface area contributed by atoms with Crippen molar-refractivity contribution in [2.75, 3.05) is 6.54 Å². The Balaban J connectivity index is 1.37. The molecule has 140 valence electrons. The zero-order chi connectivity index (χ0) is 19.0. The Hall–Kier alpha value is -2.60. The van der Waals surface area contributed by atoms with Gasteiger partial charge in [0.1, 0.15) is 5.82 Å². The number of carbonyl (C=O) groups is 2. The molecule has 7 heteroatoms. The Morgan fingerprint density at radius 1 is 1.30 bits per heavy atom. The van der Waals surface area contributed by atoms with Crippen molar-refractivity contribution < 1.29 is 9.59 Å². The van der Waals surface area contributed by atoms with Crippen molar-refractivity contribution in [2.24, 2.45) is 0 Å². The van der Waals surface area contributed by atoms with Gasteiger partial charge in [-0.25, -0.2) is 4.98 Å². The number of hydrogen-bond donors (Lipinski definition) is 3. The number of H-pyrrole nitrogens is 2. The molecule has 3 aromatic rings. The highest BCUT2D eigenvalue weighted by Crippen LogP contribution is 2.26. The maximum atomic E-state index is 12.6. The molecule has 0 aliphatic heterocycles. The quantitative estimate of drug-likeness (QED) is 0.585. The van der Waals surface area contributed by atoms with E-state index in [0.717, 1.165) is 53.9 Å². The number of amides is 1. The van der Waals surface area contributed by atoms with Crippen molar-refractivity contribution in [1.82, 2.24) is 20.3 Å². The lowest BCUT2D eigenvalue weighted by Gasteiger charge is -2.12. The fourth-order valence-corrected chi connectivity index (χ4v) is 3.89. The summed E-state index contributed by atoms with van der Waals surface area (Å²) >= 11 is 5.99. The number of aryl methyl sites for hydroxylation is 3. The molecule has 0 saturated carbocycles. The minimum Gasteiger partial charge on any atom is -0.361 e. The highest BCUT2D eigenvalue weighted by Gasteiger charge is 2.28. The molecule has 1 aromatic carbocycles. The topological polar surface area (TPSA) is 90.6 Å². The molecule has 0 atom stereocenters. The van der Waals surface area contributed by atoms with Gasteiger partial charge in [-0.1, -0.05) is 11.6 Å². The fraction of sp³-hybridized carbons (Fsp3) is 0.350. The molecule has 0 radical (unpaired) electrons. The molecule has 0 saturated heterocycles. The number of carbonyl (C=O) groups excluding carboxylic acids is 2. The zero-order valence-corrected chi connectivity index (χ0v) is 15.9. The summed E-state index contributed by atoms with van der Waals surface area (Å²) in [6.07, 6.45) is 3.65.